The van der Waals surface area contributed by atoms with Crippen LogP contribution in [0.3, 0.4) is 0 Å². The van der Waals surface area contributed by atoms with Gasteiger partial charge in [-0.1, -0.05) is 77.1 Å². The number of aromatic carboxylic acids is 1. The van der Waals surface area contributed by atoms with E-state index in [0.717, 1.165) is 34.8 Å². The lowest BCUT2D eigenvalue weighted by atomic mass is 9.96. The summed E-state index contributed by atoms with van der Waals surface area (Å²) in [6.07, 6.45) is 1.01. The zero-order chi connectivity index (χ0) is 21.2. The van der Waals surface area contributed by atoms with Gasteiger partial charge < -0.3 is 5.11 Å². The number of benzene rings is 2. The Hall–Kier alpha value is -2.95. The van der Waals surface area contributed by atoms with Crippen molar-refractivity contribution in [2.45, 2.75) is 58.9 Å². The highest BCUT2D eigenvalue weighted by Gasteiger charge is 2.23. The molecule has 0 aliphatic carbocycles. The molecule has 0 saturated carbocycles. The van der Waals surface area contributed by atoms with Crippen molar-refractivity contribution in [3.05, 3.63) is 71.3 Å². The first-order valence-electron chi connectivity index (χ1n) is 10.1. The number of carbonyl (C=O) groups is 1. The molecule has 1 heterocycles. The van der Waals surface area contributed by atoms with E-state index < -0.39 is 5.97 Å². The molecule has 3 rings (SSSR count). The molecule has 5 heteroatoms. The van der Waals surface area contributed by atoms with Crippen LogP contribution in [0.1, 0.15) is 74.5 Å². The van der Waals surface area contributed by atoms with Gasteiger partial charge in [0.25, 0.3) is 0 Å². The van der Waals surface area contributed by atoms with Crippen molar-refractivity contribution in [3.8, 4) is 11.1 Å². The maximum Gasteiger partial charge on any atom is 0.336 e. The van der Waals surface area contributed by atoms with Crippen LogP contribution >= 0.6 is 0 Å². The Morgan fingerprint density at radius 2 is 1.76 bits per heavy atom. The molecule has 29 heavy (non-hydrogen) atoms. The zero-order valence-corrected chi connectivity index (χ0v) is 17.8. The van der Waals surface area contributed by atoms with Gasteiger partial charge in [-0.05, 0) is 29.2 Å². The number of hydrogen-bond acceptors (Lipinski definition) is 3. The molecule has 1 atom stereocenters. The Labute approximate surface area is 172 Å². The molecule has 1 aromatic heterocycles. The van der Waals surface area contributed by atoms with Gasteiger partial charge in [-0.2, -0.15) is 5.10 Å². The van der Waals surface area contributed by atoms with E-state index in [0.29, 0.717) is 18.0 Å². The van der Waals surface area contributed by atoms with Crippen LogP contribution in [0.25, 0.3) is 11.1 Å². The third kappa shape index (κ3) is 4.56. The van der Waals surface area contributed by atoms with E-state index in [4.69, 9.17) is 10.1 Å². The summed E-state index contributed by atoms with van der Waals surface area (Å²) >= 11 is 0. The van der Waals surface area contributed by atoms with Crippen LogP contribution in [0.2, 0.25) is 0 Å². The first-order valence-corrected chi connectivity index (χ1v) is 10.1. The van der Waals surface area contributed by atoms with Crippen molar-refractivity contribution < 1.29 is 9.90 Å². The van der Waals surface area contributed by atoms with Crippen LogP contribution in [0.15, 0.2) is 48.5 Å². The standard InChI is InChI=1S/C24H29N3O2/c1-6-16(2)21-25-23(24(3,4)5)26-27(21)15-17-11-13-18(14-12-17)19-9-7-8-10-20(19)22(28)29/h7-14,16H,6,15H2,1-5H3,(H,28,29). The molecular weight excluding hydrogens is 362 g/mol. The average Bonchev–Trinajstić information content (AvgIpc) is 3.12. The van der Waals surface area contributed by atoms with Crippen molar-refractivity contribution >= 4 is 5.97 Å². The monoisotopic (exact) mass is 391 g/mol. The molecule has 0 aliphatic rings. The quantitative estimate of drug-likeness (QED) is 0.602. The van der Waals surface area contributed by atoms with Gasteiger partial charge in [0.1, 0.15) is 5.82 Å². The molecular formula is C24H29N3O2. The van der Waals surface area contributed by atoms with Crippen LogP contribution in [0.4, 0.5) is 0 Å². The largest absolute Gasteiger partial charge is 0.478 e. The summed E-state index contributed by atoms with van der Waals surface area (Å²) in [7, 11) is 0. The Morgan fingerprint density at radius 3 is 2.34 bits per heavy atom. The highest BCUT2D eigenvalue weighted by molar-refractivity contribution is 5.95. The lowest BCUT2D eigenvalue weighted by Crippen LogP contribution is -2.14. The zero-order valence-electron chi connectivity index (χ0n) is 17.8. The average molecular weight is 392 g/mol. The van der Waals surface area contributed by atoms with Crippen molar-refractivity contribution in [1.82, 2.24) is 14.8 Å². The van der Waals surface area contributed by atoms with E-state index in [1.54, 1.807) is 12.1 Å². The lowest BCUT2D eigenvalue weighted by Gasteiger charge is -2.12. The molecule has 1 unspecified atom stereocenters. The second-order valence-electron chi connectivity index (χ2n) is 8.56. The van der Waals surface area contributed by atoms with Crippen molar-refractivity contribution in [2.75, 3.05) is 0 Å². The van der Waals surface area contributed by atoms with E-state index in [1.165, 1.54) is 0 Å². The van der Waals surface area contributed by atoms with Crippen LogP contribution in [-0.2, 0) is 12.0 Å². The minimum absolute atomic E-state index is 0.0993. The fourth-order valence-corrected chi connectivity index (χ4v) is 3.22. The molecule has 0 saturated heterocycles. The summed E-state index contributed by atoms with van der Waals surface area (Å²) in [6.45, 7) is 11.4. The molecule has 0 spiro atoms. The van der Waals surface area contributed by atoms with Gasteiger partial charge in [0, 0.05) is 11.3 Å². The van der Waals surface area contributed by atoms with Gasteiger partial charge in [0.15, 0.2) is 5.82 Å². The molecule has 0 amide bonds. The fourth-order valence-electron chi connectivity index (χ4n) is 3.22. The Morgan fingerprint density at radius 1 is 1.10 bits per heavy atom. The van der Waals surface area contributed by atoms with Gasteiger partial charge in [-0.25, -0.2) is 14.5 Å². The minimum Gasteiger partial charge on any atom is -0.478 e. The first-order chi connectivity index (χ1) is 13.7. The molecule has 3 aromatic rings. The summed E-state index contributed by atoms with van der Waals surface area (Å²) < 4.78 is 2.01. The summed E-state index contributed by atoms with van der Waals surface area (Å²) in [4.78, 5) is 16.3. The Kier molecular flexibility index (Phi) is 5.87. The SMILES string of the molecule is CCC(C)c1nc(C(C)(C)C)nn1Cc1ccc(-c2ccccc2C(=O)O)cc1. The predicted octanol–water partition coefficient (Wildman–Crippen LogP) is 5.50. The molecule has 152 valence electrons. The van der Waals surface area contributed by atoms with Gasteiger partial charge in [0.05, 0.1) is 12.1 Å². The maximum atomic E-state index is 11.5. The molecule has 5 nitrogen and oxygen atoms in total. The fraction of sp³-hybridized carbons (Fsp3) is 0.375. The van der Waals surface area contributed by atoms with Gasteiger partial charge >= 0.3 is 5.97 Å². The molecule has 0 bridgehead atoms. The summed E-state index contributed by atoms with van der Waals surface area (Å²) in [6, 6.07) is 15.1. The van der Waals surface area contributed by atoms with E-state index in [1.807, 2.05) is 41.1 Å². The number of aromatic nitrogens is 3. The van der Waals surface area contributed by atoms with E-state index >= 15 is 0 Å². The van der Waals surface area contributed by atoms with Crippen molar-refractivity contribution in [2.24, 2.45) is 0 Å². The third-order valence-electron chi connectivity index (χ3n) is 5.18. The van der Waals surface area contributed by atoms with E-state index in [2.05, 4.69) is 34.6 Å². The Balaban J connectivity index is 1.91. The highest BCUT2D eigenvalue weighted by atomic mass is 16.4. The third-order valence-corrected chi connectivity index (χ3v) is 5.18. The van der Waals surface area contributed by atoms with Crippen molar-refractivity contribution in [3.63, 3.8) is 0 Å². The minimum atomic E-state index is -0.916. The molecule has 0 radical (unpaired) electrons. The van der Waals surface area contributed by atoms with Crippen LogP contribution in [0.5, 0.6) is 0 Å². The Bertz CT molecular complexity index is 998. The number of hydrogen-bond donors (Lipinski definition) is 1. The number of nitrogens with zero attached hydrogens (tertiary/aromatic N) is 3. The second kappa shape index (κ2) is 8.19. The van der Waals surface area contributed by atoms with Gasteiger partial charge in [0.2, 0.25) is 0 Å². The smallest absolute Gasteiger partial charge is 0.336 e. The predicted molar refractivity (Wildman–Crippen MR) is 115 cm³/mol. The number of rotatable bonds is 6. The first kappa shape index (κ1) is 20.8. The van der Waals surface area contributed by atoms with Crippen LogP contribution < -0.4 is 0 Å². The second-order valence-corrected chi connectivity index (χ2v) is 8.56. The molecule has 0 aliphatic heterocycles. The normalized spacial score (nSPS) is 12.7. The summed E-state index contributed by atoms with van der Waals surface area (Å²) in [5.41, 5.74) is 2.94. The lowest BCUT2D eigenvalue weighted by molar-refractivity contribution is 0.0697. The molecule has 1 N–H and O–H groups in total. The van der Waals surface area contributed by atoms with E-state index in [9.17, 15) is 9.90 Å². The highest BCUT2D eigenvalue weighted by Crippen LogP contribution is 2.26. The van der Waals surface area contributed by atoms with Crippen LogP contribution in [0, 0.1) is 0 Å². The van der Waals surface area contributed by atoms with Gasteiger partial charge in [-0.15, -0.1) is 0 Å². The topological polar surface area (TPSA) is 68.0 Å². The summed E-state index contributed by atoms with van der Waals surface area (Å²) in [5.74, 6) is 1.29. The van der Waals surface area contributed by atoms with Crippen molar-refractivity contribution in [1.29, 1.82) is 0 Å². The van der Waals surface area contributed by atoms with E-state index in [-0.39, 0.29) is 5.41 Å². The molecule has 2 aromatic carbocycles. The number of carboxylic acid groups (broad SMARTS) is 1. The number of carboxylic acids is 1. The summed E-state index contributed by atoms with van der Waals surface area (Å²) in [5, 5.41) is 14.2. The van der Waals surface area contributed by atoms with Gasteiger partial charge in [-0.3, -0.25) is 0 Å². The maximum absolute atomic E-state index is 11.5. The molecule has 0 fully saturated rings. The van der Waals surface area contributed by atoms with Crippen LogP contribution in [-0.4, -0.2) is 25.8 Å².